The molecule has 1 aromatic heterocycles. The number of likely N-dealkylation sites (tertiary alicyclic amines) is 1. The van der Waals surface area contributed by atoms with Crippen LogP contribution in [-0.4, -0.2) is 38.4 Å². The van der Waals surface area contributed by atoms with Gasteiger partial charge in [-0.1, -0.05) is 77.9 Å². The first-order valence-corrected chi connectivity index (χ1v) is 12.1. The number of alkyl halides is 3. The van der Waals surface area contributed by atoms with Gasteiger partial charge < -0.3 is 9.88 Å². The maximum atomic E-state index is 13.1. The Labute approximate surface area is 206 Å². The predicted molar refractivity (Wildman–Crippen MR) is 126 cm³/mol. The third-order valence-electron chi connectivity index (χ3n) is 6.96. The molecule has 2 aliphatic heterocycles. The van der Waals surface area contributed by atoms with E-state index in [1.54, 1.807) is 18.2 Å². The number of halogens is 5. The first-order chi connectivity index (χ1) is 14.4. The van der Waals surface area contributed by atoms with Crippen molar-refractivity contribution in [1.82, 2.24) is 14.8 Å². The molecule has 1 N–H and O–H groups in total. The number of rotatable bonds is 4. The van der Waals surface area contributed by atoms with E-state index in [-0.39, 0.29) is 45.0 Å². The van der Waals surface area contributed by atoms with E-state index in [0.29, 0.717) is 19.6 Å². The molecule has 1 saturated carbocycles. The monoisotopic (exact) mass is 525 g/mol. The lowest BCUT2D eigenvalue weighted by molar-refractivity contribution is -0.125. The smallest absolute Gasteiger partial charge is 0.250 e. The fraction of sp³-hybridized carbons (Fsp3) is 0.619. The Morgan fingerprint density at radius 3 is 2.58 bits per heavy atom. The summed E-state index contributed by atoms with van der Waals surface area (Å²) in [5.74, 6) is -0.201. The van der Waals surface area contributed by atoms with E-state index in [1.165, 1.54) is 0 Å². The van der Waals surface area contributed by atoms with Gasteiger partial charge in [-0.05, 0) is 35.8 Å². The molecular formula is C21H24Cl5N3O2. The molecule has 3 aliphatic rings. The van der Waals surface area contributed by atoms with Crippen molar-refractivity contribution >= 4 is 63.9 Å². The molecule has 2 fully saturated rings. The van der Waals surface area contributed by atoms with Crippen LogP contribution in [0.3, 0.4) is 0 Å². The summed E-state index contributed by atoms with van der Waals surface area (Å²) in [4.78, 5) is 27.4. The van der Waals surface area contributed by atoms with E-state index in [9.17, 15) is 9.59 Å². The summed E-state index contributed by atoms with van der Waals surface area (Å²) in [5, 5.41) is 2.98. The average molecular weight is 528 g/mol. The molecule has 2 bridgehead atoms. The number of aromatic nitrogens is 1. The number of fused-ring (bicyclic) bond motifs is 4. The number of hydrogen-bond acceptors (Lipinski definition) is 3. The van der Waals surface area contributed by atoms with Gasteiger partial charge in [-0.2, -0.15) is 0 Å². The Balaban J connectivity index is 1.54. The van der Waals surface area contributed by atoms with E-state index in [2.05, 4.69) is 5.32 Å². The molecule has 1 amide bonds. The Bertz CT molecular complexity index is 966. The van der Waals surface area contributed by atoms with E-state index >= 15 is 0 Å². The zero-order chi connectivity index (χ0) is 22.7. The first-order valence-electron chi connectivity index (χ1n) is 10.2. The van der Waals surface area contributed by atoms with Crippen LogP contribution in [0.15, 0.2) is 33.6 Å². The van der Waals surface area contributed by atoms with Gasteiger partial charge in [0.25, 0.3) is 5.56 Å². The molecule has 0 spiro atoms. The van der Waals surface area contributed by atoms with Crippen molar-refractivity contribution in [1.29, 1.82) is 0 Å². The van der Waals surface area contributed by atoms with Crippen molar-refractivity contribution in [2.24, 2.45) is 23.2 Å². The summed E-state index contributed by atoms with van der Waals surface area (Å²) < 4.78 is 0.272. The molecule has 10 heteroatoms. The molecule has 3 heterocycles. The molecule has 0 aromatic carbocycles. The SMILES string of the molecule is CC1(C)[C@H](C=C(Cl)Cl)[C@H]1C(=O)N[C@@H](N1C[C@H]2C[C@@H](C1)c1cccc(=O)n1C2)C(Cl)(Cl)Cl. The number of allylic oxidation sites excluding steroid dienone is 1. The summed E-state index contributed by atoms with van der Waals surface area (Å²) in [6, 6.07) is 5.35. The quantitative estimate of drug-likeness (QED) is 0.579. The molecular weight excluding hydrogens is 504 g/mol. The Morgan fingerprint density at radius 1 is 1.23 bits per heavy atom. The molecule has 170 valence electrons. The van der Waals surface area contributed by atoms with E-state index < -0.39 is 9.96 Å². The highest BCUT2D eigenvalue weighted by Crippen LogP contribution is 2.60. The van der Waals surface area contributed by atoms with Gasteiger partial charge in [-0.3, -0.25) is 14.5 Å². The highest BCUT2D eigenvalue weighted by atomic mass is 35.6. The average Bonchev–Trinajstić information content (AvgIpc) is 3.18. The van der Waals surface area contributed by atoms with Crippen LogP contribution in [0.4, 0.5) is 0 Å². The van der Waals surface area contributed by atoms with Crippen LogP contribution >= 0.6 is 58.0 Å². The zero-order valence-electron chi connectivity index (χ0n) is 17.1. The molecule has 1 saturated heterocycles. The van der Waals surface area contributed by atoms with Gasteiger partial charge in [0.1, 0.15) is 10.7 Å². The van der Waals surface area contributed by atoms with Gasteiger partial charge in [0.2, 0.25) is 9.70 Å². The third-order valence-corrected chi connectivity index (χ3v) is 7.83. The third kappa shape index (κ3) is 4.64. The lowest BCUT2D eigenvalue weighted by atomic mass is 9.83. The number of nitrogens with zero attached hydrogens (tertiary/aromatic N) is 2. The molecule has 0 unspecified atom stereocenters. The van der Waals surface area contributed by atoms with Gasteiger partial charge >= 0.3 is 0 Å². The van der Waals surface area contributed by atoms with Crippen LogP contribution < -0.4 is 10.9 Å². The molecule has 5 nitrogen and oxygen atoms in total. The van der Waals surface area contributed by atoms with Crippen molar-refractivity contribution < 1.29 is 4.79 Å². The van der Waals surface area contributed by atoms with Crippen molar-refractivity contribution in [3.05, 3.63) is 44.8 Å². The van der Waals surface area contributed by atoms with Gasteiger partial charge in [-0.15, -0.1) is 0 Å². The lowest BCUT2D eigenvalue weighted by Gasteiger charge is -2.47. The van der Waals surface area contributed by atoms with Crippen LogP contribution in [0, 0.1) is 23.2 Å². The summed E-state index contributed by atoms with van der Waals surface area (Å²) in [7, 11) is 0. The van der Waals surface area contributed by atoms with Crippen LogP contribution in [0.1, 0.15) is 31.9 Å². The minimum Gasteiger partial charge on any atom is -0.336 e. The Hall–Kier alpha value is -0.430. The number of pyridine rings is 1. The van der Waals surface area contributed by atoms with Crippen LogP contribution in [0.2, 0.25) is 0 Å². The Morgan fingerprint density at radius 2 is 1.94 bits per heavy atom. The van der Waals surface area contributed by atoms with Crippen molar-refractivity contribution in [3.8, 4) is 0 Å². The van der Waals surface area contributed by atoms with Crippen LogP contribution in [-0.2, 0) is 11.3 Å². The van der Waals surface area contributed by atoms with Gasteiger partial charge in [0.15, 0.2) is 0 Å². The fourth-order valence-corrected chi connectivity index (χ4v) is 6.22. The van der Waals surface area contributed by atoms with E-state index in [1.807, 2.05) is 29.4 Å². The van der Waals surface area contributed by atoms with Crippen molar-refractivity contribution in [3.63, 3.8) is 0 Å². The number of amides is 1. The second-order valence-electron chi connectivity index (χ2n) is 9.39. The van der Waals surface area contributed by atoms with E-state index in [4.69, 9.17) is 58.0 Å². The number of nitrogens with one attached hydrogen (secondary N) is 1. The molecule has 1 aliphatic carbocycles. The highest BCUT2D eigenvalue weighted by Gasteiger charge is 2.61. The minimum atomic E-state index is -1.72. The molecule has 4 rings (SSSR count). The van der Waals surface area contributed by atoms with Crippen molar-refractivity contribution in [2.45, 2.75) is 42.7 Å². The van der Waals surface area contributed by atoms with Crippen LogP contribution in [0.5, 0.6) is 0 Å². The topological polar surface area (TPSA) is 54.3 Å². The van der Waals surface area contributed by atoms with Crippen molar-refractivity contribution in [2.75, 3.05) is 13.1 Å². The van der Waals surface area contributed by atoms with Gasteiger partial charge in [0.05, 0.1) is 5.92 Å². The second kappa shape index (κ2) is 8.41. The lowest BCUT2D eigenvalue weighted by Crippen LogP contribution is -2.60. The molecule has 0 radical (unpaired) electrons. The highest BCUT2D eigenvalue weighted by molar-refractivity contribution is 6.68. The summed E-state index contributed by atoms with van der Waals surface area (Å²) in [5.41, 5.74) is 0.725. The fourth-order valence-electron chi connectivity index (χ4n) is 5.37. The zero-order valence-corrected chi connectivity index (χ0v) is 20.9. The normalized spacial score (nSPS) is 30.2. The Kier molecular flexibility index (Phi) is 6.44. The summed E-state index contributed by atoms with van der Waals surface area (Å²) >= 11 is 30.7. The summed E-state index contributed by atoms with van der Waals surface area (Å²) in [6.45, 7) is 5.81. The summed E-state index contributed by atoms with van der Waals surface area (Å²) in [6.07, 6.45) is 1.87. The second-order valence-corrected chi connectivity index (χ2v) is 12.8. The minimum absolute atomic E-state index is 0.0138. The number of hydrogen-bond donors (Lipinski definition) is 1. The maximum absolute atomic E-state index is 13.1. The first kappa shape index (κ1) is 23.7. The molecule has 1 aromatic rings. The number of carbonyl (C=O) groups excluding carboxylic acids is 1. The molecule has 5 atom stereocenters. The molecule has 31 heavy (non-hydrogen) atoms. The van der Waals surface area contributed by atoms with Crippen LogP contribution in [0.25, 0.3) is 0 Å². The number of carbonyl (C=O) groups is 1. The van der Waals surface area contributed by atoms with E-state index in [0.717, 1.165) is 12.1 Å². The predicted octanol–water partition coefficient (Wildman–Crippen LogP) is 4.67. The van der Waals surface area contributed by atoms with Gasteiger partial charge in [-0.25, -0.2) is 0 Å². The standard InChI is InChI=1S/C21H24Cl5N3O2/c1-20(2)13(7-15(22)23)17(20)18(31)27-19(21(24,25)26)28-8-11-6-12(10-28)14-4-3-5-16(30)29(14)9-11/h3-5,7,11-13,17,19H,6,8-10H2,1-2H3,(H,27,31)/t11-,12+,13-,17+,19+/m1/s1. The number of piperidine rings is 1. The van der Waals surface area contributed by atoms with Gasteiger partial charge in [0, 0.05) is 37.3 Å². The largest absolute Gasteiger partial charge is 0.336 e. The maximum Gasteiger partial charge on any atom is 0.250 e.